The van der Waals surface area contributed by atoms with Crippen molar-refractivity contribution in [2.75, 3.05) is 18.0 Å². The molecule has 0 aliphatic carbocycles. The third-order valence-corrected chi connectivity index (χ3v) is 3.93. The molecule has 0 unspecified atom stereocenters. The molecule has 2 aliphatic rings. The summed E-state index contributed by atoms with van der Waals surface area (Å²) in [4.78, 5) is 25.7. The van der Waals surface area contributed by atoms with E-state index in [1.54, 1.807) is 0 Å². The van der Waals surface area contributed by atoms with Gasteiger partial charge in [-0.05, 0) is 38.1 Å². The minimum atomic E-state index is -4.84. The van der Waals surface area contributed by atoms with Crippen molar-refractivity contribution < 1.29 is 27.5 Å². The second-order valence-corrected chi connectivity index (χ2v) is 5.45. The zero-order valence-corrected chi connectivity index (χ0v) is 11.9. The first-order valence-corrected chi connectivity index (χ1v) is 7.04. The lowest BCUT2D eigenvalue weighted by molar-refractivity contribution is -0.274. The summed E-state index contributed by atoms with van der Waals surface area (Å²) in [5, 5.41) is 5.76. The molecule has 2 N–H and O–H groups in total. The summed E-state index contributed by atoms with van der Waals surface area (Å²) < 4.78 is 40.7. The van der Waals surface area contributed by atoms with Crippen LogP contribution in [0.2, 0.25) is 0 Å². The molecule has 9 heteroatoms. The lowest BCUT2D eigenvalue weighted by Gasteiger charge is -2.31. The highest BCUT2D eigenvalue weighted by Crippen LogP contribution is 2.33. The van der Waals surface area contributed by atoms with Crippen LogP contribution >= 0.6 is 0 Å². The van der Waals surface area contributed by atoms with E-state index in [1.807, 2.05) is 0 Å². The number of halogens is 3. The van der Waals surface area contributed by atoms with Crippen LogP contribution in [-0.4, -0.2) is 36.9 Å². The number of benzene rings is 1. The number of urea groups is 1. The number of hydrogen-bond donors (Lipinski definition) is 2. The molecule has 2 saturated heterocycles. The standard InChI is InChI=1S/C14H14F3N3O3/c15-14(16,17)23-10-3-1-2-9(8-10)20-11(21)13(19-12(20)22)4-6-18-7-5-13/h1-3,8,18H,4-7H2,(H,19,22). The van der Waals surface area contributed by atoms with Gasteiger partial charge in [-0.2, -0.15) is 0 Å². The number of alkyl halides is 3. The van der Waals surface area contributed by atoms with Crippen molar-refractivity contribution in [2.45, 2.75) is 24.7 Å². The largest absolute Gasteiger partial charge is 0.573 e. The van der Waals surface area contributed by atoms with Crippen LogP contribution in [0.4, 0.5) is 23.7 Å². The predicted octanol–water partition coefficient (Wildman–Crippen LogP) is 1.76. The van der Waals surface area contributed by atoms with Gasteiger partial charge in [0.15, 0.2) is 0 Å². The summed E-state index contributed by atoms with van der Waals surface area (Å²) in [6.45, 7) is 1.16. The van der Waals surface area contributed by atoms with Gasteiger partial charge in [0.25, 0.3) is 5.91 Å². The number of carbonyl (C=O) groups is 2. The molecule has 23 heavy (non-hydrogen) atoms. The third kappa shape index (κ3) is 2.96. The minimum absolute atomic E-state index is 0.0460. The summed E-state index contributed by atoms with van der Waals surface area (Å²) in [7, 11) is 0. The first kappa shape index (κ1) is 15.6. The second-order valence-electron chi connectivity index (χ2n) is 5.45. The monoisotopic (exact) mass is 329 g/mol. The van der Waals surface area contributed by atoms with Crippen molar-refractivity contribution in [1.29, 1.82) is 0 Å². The van der Waals surface area contributed by atoms with Crippen LogP contribution in [0.15, 0.2) is 24.3 Å². The number of piperidine rings is 1. The molecule has 0 atom stereocenters. The first-order valence-electron chi connectivity index (χ1n) is 7.04. The lowest BCUT2D eigenvalue weighted by Crippen LogP contribution is -2.53. The number of hydrogen-bond acceptors (Lipinski definition) is 4. The summed E-state index contributed by atoms with van der Waals surface area (Å²) in [5.74, 6) is -0.935. The maximum Gasteiger partial charge on any atom is 0.573 e. The van der Waals surface area contributed by atoms with Gasteiger partial charge in [0, 0.05) is 6.07 Å². The summed E-state index contributed by atoms with van der Waals surface area (Å²) in [6, 6.07) is 4.17. The Morgan fingerprint density at radius 3 is 2.52 bits per heavy atom. The quantitative estimate of drug-likeness (QED) is 0.811. The SMILES string of the molecule is O=C1NC2(CCNCC2)C(=O)N1c1cccc(OC(F)(F)F)c1. The molecular weight excluding hydrogens is 315 g/mol. The van der Waals surface area contributed by atoms with E-state index >= 15 is 0 Å². The fraction of sp³-hybridized carbons (Fsp3) is 0.429. The fourth-order valence-electron chi connectivity index (χ4n) is 2.87. The van der Waals surface area contributed by atoms with Crippen molar-refractivity contribution in [3.63, 3.8) is 0 Å². The minimum Gasteiger partial charge on any atom is -0.406 e. The molecule has 0 aromatic heterocycles. The summed E-state index contributed by atoms with van der Waals surface area (Å²) in [5.41, 5.74) is -0.937. The van der Waals surface area contributed by atoms with Crippen LogP contribution < -0.4 is 20.3 Å². The van der Waals surface area contributed by atoms with E-state index in [9.17, 15) is 22.8 Å². The van der Waals surface area contributed by atoms with E-state index in [1.165, 1.54) is 12.1 Å². The maximum atomic E-state index is 12.6. The van der Waals surface area contributed by atoms with Crippen LogP contribution in [0, 0.1) is 0 Å². The van der Waals surface area contributed by atoms with Crippen molar-refractivity contribution in [2.24, 2.45) is 0 Å². The van der Waals surface area contributed by atoms with Gasteiger partial charge in [-0.3, -0.25) is 4.79 Å². The van der Waals surface area contributed by atoms with Gasteiger partial charge in [-0.15, -0.1) is 13.2 Å². The smallest absolute Gasteiger partial charge is 0.406 e. The molecule has 1 aromatic carbocycles. The highest BCUT2D eigenvalue weighted by Gasteiger charge is 2.52. The van der Waals surface area contributed by atoms with Crippen molar-refractivity contribution >= 4 is 17.6 Å². The number of nitrogens with one attached hydrogen (secondary N) is 2. The number of imide groups is 1. The average molecular weight is 329 g/mol. The summed E-state index contributed by atoms with van der Waals surface area (Å²) >= 11 is 0. The molecule has 1 spiro atoms. The van der Waals surface area contributed by atoms with E-state index in [0.29, 0.717) is 25.9 Å². The number of ether oxygens (including phenoxy) is 1. The highest BCUT2D eigenvalue weighted by molar-refractivity contribution is 6.23. The van der Waals surface area contributed by atoms with Gasteiger partial charge in [0.1, 0.15) is 11.3 Å². The van der Waals surface area contributed by atoms with E-state index in [0.717, 1.165) is 17.0 Å². The van der Waals surface area contributed by atoms with Gasteiger partial charge in [0.2, 0.25) is 0 Å². The Labute approximate surface area is 129 Å². The van der Waals surface area contributed by atoms with Gasteiger partial charge in [-0.1, -0.05) is 6.07 Å². The van der Waals surface area contributed by atoms with Crippen LogP contribution in [0.3, 0.4) is 0 Å². The van der Waals surface area contributed by atoms with E-state index < -0.39 is 29.6 Å². The number of rotatable bonds is 2. The molecule has 124 valence electrons. The molecule has 2 fully saturated rings. The van der Waals surface area contributed by atoms with Crippen LogP contribution in [0.1, 0.15) is 12.8 Å². The lowest BCUT2D eigenvalue weighted by atomic mass is 9.88. The van der Waals surface area contributed by atoms with Crippen molar-refractivity contribution in [3.8, 4) is 5.75 Å². The molecule has 2 aliphatic heterocycles. The normalized spacial score (nSPS) is 20.7. The molecule has 0 saturated carbocycles. The predicted molar refractivity (Wildman–Crippen MR) is 74.0 cm³/mol. The van der Waals surface area contributed by atoms with Gasteiger partial charge < -0.3 is 15.4 Å². The first-order chi connectivity index (χ1) is 10.8. The Morgan fingerprint density at radius 1 is 1.17 bits per heavy atom. The second kappa shape index (κ2) is 5.41. The number of anilines is 1. The molecule has 0 bridgehead atoms. The van der Waals surface area contributed by atoms with E-state index in [2.05, 4.69) is 15.4 Å². The van der Waals surface area contributed by atoms with Crippen molar-refractivity contribution in [3.05, 3.63) is 24.3 Å². The van der Waals surface area contributed by atoms with Crippen LogP contribution in [0.25, 0.3) is 0 Å². The van der Waals surface area contributed by atoms with Crippen LogP contribution in [0.5, 0.6) is 5.75 Å². The zero-order valence-electron chi connectivity index (χ0n) is 11.9. The van der Waals surface area contributed by atoms with Crippen LogP contribution in [-0.2, 0) is 4.79 Å². The summed E-state index contributed by atoms with van der Waals surface area (Å²) in [6.07, 6.45) is -3.97. The Kier molecular flexibility index (Phi) is 3.67. The number of nitrogens with zero attached hydrogens (tertiary/aromatic N) is 1. The topological polar surface area (TPSA) is 70.7 Å². The molecule has 2 heterocycles. The van der Waals surface area contributed by atoms with E-state index in [-0.39, 0.29) is 5.69 Å². The molecule has 3 amide bonds. The average Bonchev–Trinajstić information content (AvgIpc) is 2.69. The van der Waals surface area contributed by atoms with Gasteiger partial charge in [0.05, 0.1) is 5.69 Å². The number of carbonyl (C=O) groups excluding carboxylic acids is 2. The Hall–Kier alpha value is -2.29. The molecular formula is C14H14F3N3O3. The van der Waals surface area contributed by atoms with E-state index in [4.69, 9.17) is 0 Å². The maximum absolute atomic E-state index is 12.6. The number of amides is 3. The Morgan fingerprint density at radius 2 is 1.87 bits per heavy atom. The molecule has 0 radical (unpaired) electrons. The highest BCUT2D eigenvalue weighted by atomic mass is 19.4. The fourth-order valence-corrected chi connectivity index (χ4v) is 2.87. The molecule has 1 aromatic rings. The van der Waals surface area contributed by atoms with Gasteiger partial charge >= 0.3 is 12.4 Å². The Balaban J connectivity index is 1.88. The zero-order chi connectivity index (χ0) is 16.7. The third-order valence-electron chi connectivity index (χ3n) is 3.93. The van der Waals surface area contributed by atoms with Crippen molar-refractivity contribution in [1.82, 2.24) is 10.6 Å². The Bertz CT molecular complexity index is 642. The molecule has 3 rings (SSSR count). The van der Waals surface area contributed by atoms with Gasteiger partial charge in [-0.25, -0.2) is 9.69 Å². The molecule has 6 nitrogen and oxygen atoms in total.